The number of nitrogens with one attached hydrogen (secondary N) is 1. The summed E-state index contributed by atoms with van der Waals surface area (Å²) in [4.78, 5) is 21.9. The molecule has 0 aliphatic heterocycles. The monoisotopic (exact) mass is 349 g/mol. The number of nitrogens with zero attached hydrogens (tertiary/aromatic N) is 3. The van der Waals surface area contributed by atoms with Crippen LogP contribution < -0.4 is 11.1 Å². The number of benzene rings is 1. The van der Waals surface area contributed by atoms with E-state index in [1.54, 1.807) is 0 Å². The second kappa shape index (κ2) is 6.27. The van der Waals surface area contributed by atoms with Crippen LogP contribution in [-0.4, -0.2) is 20.4 Å². The zero-order valence-electron chi connectivity index (χ0n) is 12.8. The van der Waals surface area contributed by atoms with Crippen LogP contribution >= 0.6 is 22.9 Å². The van der Waals surface area contributed by atoms with Crippen molar-refractivity contribution in [3.63, 3.8) is 0 Å². The number of para-hydroxylation sites is 1. The smallest absolute Gasteiger partial charge is 0.271 e. The summed E-state index contributed by atoms with van der Waals surface area (Å²) in [6, 6.07) is 5.57. The van der Waals surface area contributed by atoms with E-state index in [0.29, 0.717) is 23.8 Å². The van der Waals surface area contributed by atoms with Gasteiger partial charge in [-0.1, -0.05) is 17.7 Å². The summed E-state index contributed by atoms with van der Waals surface area (Å²) >= 11 is 7.64. The zero-order valence-corrected chi connectivity index (χ0v) is 14.3. The van der Waals surface area contributed by atoms with E-state index >= 15 is 0 Å². The van der Waals surface area contributed by atoms with Crippen molar-refractivity contribution in [1.82, 2.24) is 19.9 Å². The van der Waals surface area contributed by atoms with Crippen molar-refractivity contribution in [2.75, 3.05) is 0 Å². The molecule has 23 heavy (non-hydrogen) atoms. The number of rotatable bonds is 4. The van der Waals surface area contributed by atoms with Gasteiger partial charge in [0.15, 0.2) is 0 Å². The Kier molecular flexibility index (Phi) is 4.34. The van der Waals surface area contributed by atoms with Gasteiger partial charge in [-0.05, 0) is 19.1 Å². The highest BCUT2D eigenvalue weighted by Crippen LogP contribution is 2.23. The van der Waals surface area contributed by atoms with Crippen LogP contribution in [0.3, 0.4) is 0 Å². The predicted octanol–water partition coefficient (Wildman–Crippen LogP) is 2.38. The quantitative estimate of drug-likeness (QED) is 0.757. The fourth-order valence-corrected chi connectivity index (χ4v) is 3.52. The van der Waals surface area contributed by atoms with Crippen LogP contribution in [0.5, 0.6) is 0 Å². The molecule has 0 fully saturated rings. The topological polar surface area (TPSA) is 85.8 Å². The van der Waals surface area contributed by atoms with Gasteiger partial charge < -0.3 is 15.6 Å². The number of halogens is 1. The third-order valence-corrected chi connectivity index (χ3v) is 4.87. The number of nitrogens with two attached hydrogens (primary N) is 1. The Morgan fingerprint density at radius 2 is 2.22 bits per heavy atom. The molecule has 0 unspecified atom stereocenters. The lowest BCUT2D eigenvalue weighted by atomic mass is 10.3. The lowest BCUT2D eigenvalue weighted by Crippen LogP contribution is -2.25. The Morgan fingerprint density at radius 1 is 1.43 bits per heavy atom. The summed E-state index contributed by atoms with van der Waals surface area (Å²) in [6.45, 7) is 2.50. The Bertz CT molecular complexity index is 886. The third kappa shape index (κ3) is 2.95. The Hall–Kier alpha value is -1.96. The van der Waals surface area contributed by atoms with E-state index in [0.717, 1.165) is 26.7 Å². The van der Waals surface area contributed by atoms with Crippen molar-refractivity contribution < 1.29 is 4.79 Å². The fourth-order valence-electron chi connectivity index (χ4n) is 2.42. The third-order valence-electron chi connectivity index (χ3n) is 3.58. The van der Waals surface area contributed by atoms with Gasteiger partial charge >= 0.3 is 0 Å². The number of carbonyl (C=O) groups excluding carboxylic acids is 1. The van der Waals surface area contributed by atoms with Crippen LogP contribution in [0.1, 0.15) is 26.2 Å². The SMILES string of the molecule is Cc1sc(CN)nc1C(=O)NCc1nc2cccc(Cl)c2n1C. The second-order valence-corrected chi connectivity index (χ2v) is 6.79. The standard InChI is InChI=1S/C15H16ClN5OS/c1-8-13(20-12(6-17)23-8)15(22)18-7-11-19-10-5-3-4-9(16)14(10)21(11)2/h3-5H,6-7,17H2,1-2H3,(H,18,22). The van der Waals surface area contributed by atoms with E-state index in [1.165, 1.54) is 11.3 Å². The van der Waals surface area contributed by atoms with Gasteiger partial charge in [0.25, 0.3) is 5.91 Å². The normalized spacial score (nSPS) is 11.1. The predicted molar refractivity (Wildman–Crippen MR) is 91.6 cm³/mol. The molecule has 8 heteroatoms. The molecular formula is C15H16ClN5OS. The van der Waals surface area contributed by atoms with Gasteiger partial charge in [-0.3, -0.25) is 4.79 Å². The van der Waals surface area contributed by atoms with Crippen molar-refractivity contribution >= 4 is 39.9 Å². The van der Waals surface area contributed by atoms with Gasteiger partial charge in [-0.15, -0.1) is 11.3 Å². The van der Waals surface area contributed by atoms with E-state index in [4.69, 9.17) is 17.3 Å². The van der Waals surface area contributed by atoms with E-state index in [9.17, 15) is 4.79 Å². The summed E-state index contributed by atoms with van der Waals surface area (Å²) in [6.07, 6.45) is 0. The minimum Gasteiger partial charge on any atom is -0.343 e. The van der Waals surface area contributed by atoms with Crippen molar-refractivity contribution in [1.29, 1.82) is 0 Å². The molecule has 2 aromatic heterocycles. The summed E-state index contributed by atoms with van der Waals surface area (Å²) in [5.41, 5.74) is 7.65. The lowest BCUT2D eigenvalue weighted by Gasteiger charge is -2.05. The van der Waals surface area contributed by atoms with Gasteiger partial charge in [0.2, 0.25) is 0 Å². The van der Waals surface area contributed by atoms with Crippen molar-refractivity contribution in [2.24, 2.45) is 12.8 Å². The fraction of sp³-hybridized carbons (Fsp3) is 0.267. The number of hydrogen-bond donors (Lipinski definition) is 2. The van der Waals surface area contributed by atoms with Gasteiger partial charge in [-0.25, -0.2) is 9.97 Å². The lowest BCUT2D eigenvalue weighted by molar-refractivity contribution is 0.0944. The van der Waals surface area contributed by atoms with Crippen LogP contribution in [0.4, 0.5) is 0 Å². The van der Waals surface area contributed by atoms with Gasteiger partial charge in [0, 0.05) is 18.5 Å². The molecule has 0 atom stereocenters. The average Bonchev–Trinajstić information content (AvgIpc) is 3.06. The number of imidazole rings is 1. The summed E-state index contributed by atoms with van der Waals surface area (Å²) in [5.74, 6) is 0.505. The number of hydrogen-bond acceptors (Lipinski definition) is 5. The maximum Gasteiger partial charge on any atom is 0.271 e. The number of thiazole rings is 1. The van der Waals surface area contributed by atoms with Crippen LogP contribution in [0.15, 0.2) is 18.2 Å². The first kappa shape index (κ1) is 15.9. The molecule has 2 heterocycles. The van der Waals surface area contributed by atoms with Crippen molar-refractivity contribution in [3.8, 4) is 0 Å². The van der Waals surface area contributed by atoms with E-state index in [2.05, 4.69) is 15.3 Å². The first-order valence-electron chi connectivity index (χ1n) is 7.05. The van der Waals surface area contributed by atoms with Gasteiger partial charge in [-0.2, -0.15) is 0 Å². The van der Waals surface area contributed by atoms with E-state index in [1.807, 2.05) is 36.7 Å². The first-order chi connectivity index (χ1) is 11.0. The molecule has 0 bridgehead atoms. The highest BCUT2D eigenvalue weighted by atomic mass is 35.5. The van der Waals surface area contributed by atoms with Crippen molar-refractivity contribution in [3.05, 3.63) is 44.6 Å². The molecule has 0 radical (unpaired) electrons. The first-order valence-corrected chi connectivity index (χ1v) is 8.25. The number of aryl methyl sites for hydroxylation is 2. The largest absolute Gasteiger partial charge is 0.343 e. The van der Waals surface area contributed by atoms with Gasteiger partial charge in [0.05, 0.1) is 22.6 Å². The van der Waals surface area contributed by atoms with Crippen LogP contribution in [-0.2, 0) is 20.1 Å². The average molecular weight is 350 g/mol. The molecule has 1 amide bonds. The molecule has 0 aliphatic carbocycles. The Balaban J connectivity index is 1.80. The summed E-state index contributed by atoms with van der Waals surface area (Å²) in [5, 5.41) is 4.24. The molecule has 0 aliphatic rings. The number of carbonyl (C=O) groups is 1. The molecule has 3 N–H and O–H groups in total. The molecule has 0 saturated carbocycles. The number of fused-ring (bicyclic) bond motifs is 1. The zero-order chi connectivity index (χ0) is 16.6. The van der Waals surface area contributed by atoms with E-state index in [-0.39, 0.29) is 5.91 Å². The van der Waals surface area contributed by atoms with Crippen LogP contribution in [0.25, 0.3) is 11.0 Å². The molecule has 120 valence electrons. The molecule has 0 saturated heterocycles. The summed E-state index contributed by atoms with van der Waals surface area (Å²) < 4.78 is 1.89. The Labute approximate surface area is 142 Å². The molecule has 3 rings (SSSR count). The second-order valence-electron chi connectivity index (χ2n) is 5.09. The maximum absolute atomic E-state index is 12.3. The Morgan fingerprint density at radius 3 is 2.87 bits per heavy atom. The highest BCUT2D eigenvalue weighted by molar-refractivity contribution is 7.11. The molecular weight excluding hydrogens is 334 g/mol. The molecule has 3 aromatic rings. The maximum atomic E-state index is 12.3. The minimum atomic E-state index is -0.225. The number of aromatic nitrogens is 3. The molecule has 0 spiro atoms. The minimum absolute atomic E-state index is 0.225. The van der Waals surface area contributed by atoms with Crippen molar-refractivity contribution in [2.45, 2.75) is 20.0 Å². The van der Waals surface area contributed by atoms with Crippen LogP contribution in [0, 0.1) is 6.92 Å². The van der Waals surface area contributed by atoms with Gasteiger partial charge in [0.1, 0.15) is 16.5 Å². The number of amides is 1. The highest BCUT2D eigenvalue weighted by Gasteiger charge is 2.16. The van der Waals surface area contributed by atoms with Crippen LogP contribution in [0.2, 0.25) is 5.02 Å². The van der Waals surface area contributed by atoms with E-state index < -0.39 is 0 Å². The summed E-state index contributed by atoms with van der Waals surface area (Å²) in [7, 11) is 1.88. The molecule has 6 nitrogen and oxygen atoms in total. The molecule has 1 aromatic carbocycles.